The highest BCUT2D eigenvalue weighted by Gasteiger charge is 2.23. The van der Waals surface area contributed by atoms with Crippen molar-refractivity contribution in [3.8, 4) is 11.5 Å². The number of hydrogen-bond acceptors (Lipinski definition) is 4. The van der Waals surface area contributed by atoms with Gasteiger partial charge in [-0.2, -0.15) is 0 Å². The fourth-order valence-electron chi connectivity index (χ4n) is 1.81. The van der Waals surface area contributed by atoms with E-state index in [9.17, 15) is 4.79 Å². The van der Waals surface area contributed by atoms with E-state index < -0.39 is 12.1 Å². The number of carbonyl (C=O) groups is 1. The number of aliphatic carboxylic acids is 1. The first-order chi connectivity index (χ1) is 9.51. The van der Waals surface area contributed by atoms with Crippen molar-refractivity contribution in [2.24, 2.45) is 0 Å². The Hall–Kier alpha value is -1.46. The number of carboxylic acid groups (broad SMARTS) is 1. The molecular formula is C14H18ClNO4. The normalized spacial score (nSPS) is 15.8. The lowest BCUT2D eigenvalue weighted by Gasteiger charge is -2.18. The van der Waals surface area contributed by atoms with Crippen molar-refractivity contribution in [1.29, 1.82) is 0 Å². The smallest absolute Gasteiger partial charge is 0.344 e. The molecular weight excluding hydrogens is 282 g/mol. The van der Waals surface area contributed by atoms with Crippen molar-refractivity contribution in [2.45, 2.75) is 38.5 Å². The molecule has 0 saturated heterocycles. The number of carboxylic acids is 1. The maximum atomic E-state index is 11.0. The Morgan fingerprint density at radius 3 is 2.80 bits per heavy atom. The molecule has 110 valence electrons. The third-order valence-electron chi connectivity index (χ3n) is 3.12. The number of methoxy groups -OCH3 is 1. The van der Waals surface area contributed by atoms with E-state index in [1.165, 1.54) is 26.9 Å². The van der Waals surface area contributed by atoms with Crippen molar-refractivity contribution in [3.63, 3.8) is 0 Å². The highest BCUT2D eigenvalue weighted by Crippen LogP contribution is 2.36. The zero-order valence-corrected chi connectivity index (χ0v) is 12.2. The van der Waals surface area contributed by atoms with E-state index in [4.69, 9.17) is 26.2 Å². The van der Waals surface area contributed by atoms with Gasteiger partial charge in [-0.15, -0.1) is 0 Å². The second-order valence-corrected chi connectivity index (χ2v) is 5.29. The van der Waals surface area contributed by atoms with Crippen molar-refractivity contribution < 1.29 is 19.4 Å². The number of ether oxygens (including phenoxy) is 2. The van der Waals surface area contributed by atoms with Gasteiger partial charge in [0.2, 0.25) is 0 Å². The fraction of sp³-hybridized carbons (Fsp3) is 0.500. The summed E-state index contributed by atoms with van der Waals surface area (Å²) in [6.07, 6.45) is 1.38. The maximum Gasteiger partial charge on any atom is 0.344 e. The Morgan fingerprint density at radius 2 is 2.25 bits per heavy atom. The number of benzene rings is 1. The lowest BCUT2D eigenvalue weighted by molar-refractivity contribution is -0.144. The number of hydrogen-bond donors (Lipinski definition) is 2. The van der Waals surface area contributed by atoms with Crippen LogP contribution in [0.3, 0.4) is 0 Å². The van der Waals surface area contributed by atoms with Crippen LogP contribution in [0.4, 0.5) is 0 Å². The molecule has 6 heteroatoms. The zero-order valence-electron chi connectivity index (χ0n) is 11.5. The summed E-state index contributed by atoms with van der Waals surface area (Å²) in [5.41, 5.74) is 0.800. The van der Waals surface area contributed by atoms with Gasteiger partial charge in [-0.1, -0.05) is 11.6 Å². The van der Waals surface area contributed by atoms with Crippen molar-refractivity contribution >= 4 is 17.6 Å². The minimum absolute atomic E-state index is 0.431. The first kappa shape index (κ1) is 14.9. The topological polar surface area (TPSA) is 67.8 Å². The minimum atomic E-state index is -1.02. The van der Waals surface area contributed by atoms with E-state index >= 15 is 0 Å². The molecule has 1 aromatic rings. The van der Waals surface area contributed by atoms with Gasteiger partial charge in [0.05, 0.1) is 7.11 Å². The van der Waals surface area contributed by atoms with Crippen molar-refractivity contribution in [3.05, 3.63) is 22.7 Å². The van der Waals surface area contributed by atoms with Crippen LogP contribution in [0, 0.1) is 0 Å². The molecule has 1 aromatic carbocycles. The molecule has 5 nitrogen and oxygen atoms in total. The fourth-order valence-corrected chi connectivity index (χ4v) is 2.04. The molecule has 1 unspecified atom stereocenters. The van der Waals surface area contributed by atoms with E-state index in [0.717, 1.165) is 5.56 Å². The second kappa shape index (κ2) is 6.33. The molecule has 0 heterocycles. The molecule has 0 amide bonds. The lowest BCUT2D eigenvalue weighted by atomic mass is 10.1. The molecule has 0 bridgehead atoms. The minimum Gasteiger partial charge on any atom is -0.493 e. The Bertz CT molecular complexity index is 502. The van der Waals surface area contributed by atoms with Crippen LogP contribution in [0.1, 0.15) is 25.3 Å². The van der Waals surface area contributed by atoms with Gasteiger partial charge in [0.25, 0.3) is 0 Å². The Morgan fingerprint density at radius 1 is 1.55 bits per heavy atom. The van der Waals surface area contributed by atoms with Gasteiger partial charge in [-0.25, -0.2) is 4.79 Å². The standard InChI is InChI=1S/C14H18ClNO4/c1-8(14(17)18)20-13-9(7-16-11-3-4-11)5-10(15)6-12(13)19-2/h5-6,8,11,16H,3-4,7H2,1-2H3,(H,17,18). The molecule has 2 rings (SSSR count). The maximum absolute atomic E-state index is 11.0. The predicted octanol–water partition coefficient (Wildman–Crippen LogP) is 2.45. The van der Waals surface area contributed by atoms with Crippen LogP contribution in [0.25, 0.3) is 0 Å². The monoisotopic (exact) mass is 299 g/mol. The van der Waals surface area contributed by atoms with Crippen LogP contribution in [0.2, 0.25) is 5.02 Å². The molecule has 0 radical (unpaired) electrons. The summed E-state index contributed by atoms with van der Waals surface area (Å²) in [6.45, 7) is 2.05. The quantitative estimate of drug-likeness (QED) is 0.809. The summed E-state index contributed by atoms with van der Waals surface area (Å²) in [6, 6.07) is 3.92. The average Bonchev–Trinajstić information content (AvgIpc) is 3.22. The largest absolute Gasteiger partial charge is 0.493 e. The summed E-state index contributed by atoms with van der Waals surface area (Å²) in [7, 11) is 1.50. The van der Waals surface area contributed by atoms with E-state index in [-0.39, 0.29) is 0 Å². The molecule has 1 aliphatic rings. The molecule has 1 atom stereocenters. The third-order valence-corrected chi connectivity index (χ3v) is 3.34. The summed E-state index contributed by atoms with van der Waals surface area (Å²) >= 11 is 6.05. The van der Waals surface area contributed by atoms with Gasteiger partial charge in [0.1, 0.15) is 0 Å². The third kappa shape index (κ3) is 3.77. The van der Waals surface area contributed by atoms with E-state index in [1.54, 1.807) is 12.1 Å². The van der Waals surface area contributed by atoms with Gasteiger partial charge < -0.3 is 19.9 Å². The summed E-state index contributed by atoms with van der Waals surface area (Å²) in [5, 5.41) is 12.9. The van der Waals surface area contributed by atoms with Crippen LogP contribution in [0.5, 0.6) is 11.5 Å². The van der Waals surface area contributed by atoms with Gasteiger partial charge in [-0.05, 0) is 25.8 Å². The molecule has 1 saturated carbocycles. The SMILES string of the molecule is COc1cc(Cl)cc(CNC2CC2)c1OC(C)C(=O)O. The average molecular weight is 300 g/mol. The molecule has 1 aliphatic carbocycles. The van der Waals surface area contributed by atoms with Gasteiger partial charge in [-0.3, -0.25) is 0 Å². The van der Waals surface area contributed by atoms with Crippen molar-refractivity contribution in [2.75, 3.05) is 7.11 Å². The van der Waals surface area contributed by atoms with Crippen LogP contribution >= 0.6 is 11.6 Å². The van der Waals surface area contributed by atoms with Crippen LogP contribution in [0.15, 0.2) is 12.1 Å². The van der Waals surface area contributed by atoms with E-state index in [2.05, 4.69) is 5.32 Å². The van der Waals surface area contributed by atoms with Gasteiger partial charge >= 0.3 is 5.97 Å². The zero-order chi connectivity index (χ0) is 14.7. The Kier molecular flexibility index (Phi) is 4.73. The first-order valence-electron chi connectivity index (χ1n) is 6.50. The molecule has 0 aliphatic heterocycles. The van der Waals surface area contributed by atoms with Gasteiger partial charge in [0.15, 0.2) is 17.6 Å². The molecule has 0 spiro atoms. The Labute approximate surface area is 122 Å². The number of halogens is 1. The van der Waals surface area contributed by atoms with Crippen molar-refractivity contribution in [1.82, 2.24) is 5.32 Å². The number of nitrogens with one attached hydrogen (secondary N) is 1. The molecule has 2 N–H and O–H groups in total. The highest BCUT2D eigenvalue weighted by atomic mass is 35.5. The molecule has 20 heavy (non-hydrogen) atoms. The lowest BCUT2D eigenvalue weighted by Crippen LogP contribution is -2.24. The number of rotatable bonds is 7. The second-order valence-electron chi connectivity index (χ2n) is 4.85. The van der Waals surface area contributed by atoms with Crippen LogP contribution in [-0.2, 0) is 11.3 Å². The molecule has 1 fully saturated rings. The van der Waals surface area contributed by atoms with E-state index in [0.29, 0.717) is 29.1 Å². The Balaban J connectivity index is 2.25. The van der Waals surface area contributed by atoms with Crippen LogP contribution in [-0.4, -0.2) is 30.3 Å². The van der Waals surface area contributed by atoms with Crippen LogP contribution < -0.4 is 14.8 Å². The summed E-state index contributed by atoms with van der Waals surface area (Å²) in [5.74, 6) is -0.152. The highest BCUT2D eigenvalue weighted by molar-refractivity contribution is 6.30. The summed E-state index contributed by atoms with van der Waals surface area (Å²) in [4.78, 5) is 11.0. The van der Waals surface area contributed by atoms with E-state index in [1.807, 2.05) is 0 Å². The summed E-state index contributed by atoms with van der Waals surface area (Å²) < 4.78 is 10.8. The predicted molar refractivity (Wildman–Crippen MR) is 75.6 cm³/mol. The molecule has 0 aromatic heterocycles. The first-order valence-corrected chi connectivity index (χ1v) is 6.88. The van der Waals surface area contributed by atoms with Gasteiger partial charge in [0, 0.05) is 29.2 Å².